The number of nitrogens with two attached hydrogens (primary N) is 1. The average molecular weight is 553 g/mol. The number of benzene rings is 2. The van der Waals surface area contributed by atoms with Crippen LogP contribution in [0.2, 0.25) is 10.0 Å². The van der Waals surface area contributed by atoms with E-state index in [1.165, 1.54) is 12.1 Å². The molecule has 14 heteroatoms. The number of aromatic nitrogens is 2. The second kappa shape index (κ2) is 9.84. The molecule has 176 valence electrons. The smallest absolute Gasteiger partial charge is 0.266 e. The first-order chi connectivity index (χ1) is 14.8. The maximum atomic E-state index is 11.8. The molecule has 0 aliphatic rings. The van der Waals surface area contributed by atoms with Crippen LogP contribution >= 0.6 is 33.9 Å². The summed E-state index contributed by atoms with van der Waals surface area (Å²) < 4.78 is 44.4. The molecule has 0 spiro atoms. The minimum absolute atomic E-state index is 0. The van der Waals surface area contributed by atoms with Gasteiger partial charge in [-0.25, -0.2) is 22.0 Å². The van der Waals surface area contributed by atoms with E-state index < -0.39 is 39.7 Å². The van der Waals surface area contributed by atoms with Crippen molar-refractivity contribution < 1.29 is 16.8 Å². The lowest BCUT2D eigenvalue weighted by molar-refractivity contribution is 0.596. The van der Waals surface area contributed by atoms with E-state index in [2.05, 4.69) is 9.97 Å². The molecule has 0 radical (unpaired) electrons. The summed E-state index contributed by atoms with van der Waals surface area (Å²) in [4.78, 5) is 28.0. The van der Waals surface area contributed by atoms with Crippen molar-refractivity contribution in [2.24, 2.45) is 5.14 Å². The van der Waals surface area contributed by atoms with E-state index in [0.29, 0.717) is 21.1 Å². The second-order valence-electron chi connectivity index (χ2n) is 6.33. The summed E-state index contributed by atoms with van der Waals surface area (Å²) in [5.74, 6) is 0. The average Bonchev–Trinajstić information content (AvgIpc) is 2.68. The zero-order chi connectivity index (χ0) is 23.8. The van der Waals surface area contributed by atoms with Crippen LogP contribution in [0.3, 0.4) is 0 Å². The van der Waals surface area contributed by atoms with Crippen molar-refractivity contribution in [2.75, 3.05) is 0 Å². The molecular formula is C19H16Cl3N3O6S2. The lowest BCUT2D eigenvalue weighted by Gasteiger charge is -2.01. The standard InChI is InChI=1S/C9H5Cl2NO3S.C9H7ClN2O3S.CH4/c2*10-5-1-2-7-6(3-5)9(13)8(4-12-7)16(11,14)15;/h1-4H,(H,12,13);1-4H,(H,12,13)(H2,11,14,15);1H4. The highest BCUT2D eigenvalue weighted by Gasteiger charge is 2.17. The van der Waals surface area contributed by atoms with E-state index in [0.717, 1.165) is 12.4 Å². The lowest BCUT2D eigenvalue weighted by Crippen LogP contribution is -2.21. The van der Waals surface area contributed by atoms with Crippen molar-refractivity contribution in [3.05, 3.63) is 79.3 Å². The first-order valence-corrected chi connectivity index (χ1v) is 13.0. The van der Waals surface area contributed by atoms with Gasteiger partial charge in [0.2, 0.25) is 20.9 Å². The fourth-order valence-electron chi connectivity index (χ4n) is 2.74. The highest BCUT2D eigenvalue weighted by molar-refractivity contribution is 8.13. The molecule has 0 saturated heterocycles. The minimum atomic E-state index is -4.05. The number of primary sulfonamides is 1. The molecule has 0 atom stereocenters. The summed E-state index contributed by atoms with van der Waals surface area (Å²) in [7, 11) is -2.95. The van der Waals surface area contributed by atoms with Gasteiger partial charge in [-0.15, -0.1) is 0 Å². The molecule has 0 saturated carbocycles. The normalized spacial score (nSPS) is 11.5. The van der Waals surface area contributed by atoms with E-state index in [9.17, 15) is 26.4 Å². The molecule has 4 N–H and O–H groups in total. The highest BCUT2D eigenvalue weighted by atomic mass is 35.7. The fraction of sp³-hybridized carbons (Fsp3) is 0.0526. The monoisotopic (exact) mass is 551 g/mol. The molecule has 9 nitrogen and oxygen atoms in total. The Morgan fingerprint density at radius 1 is 0.727 bits per heavy atom. The van der Waals surface area contributed by atoms with E-state index in [4.69, 9.17) is 39.0 Å². The Morgan fingerprint density at radius 3 is 1.52 bits per heavy atom. The third-order valence-electron chi connectivity index (χ3n) is 4.19. The molecule has 0 aliphatic heterocycles. The van der Waals surface area contributed by atoms with Gasteiger partial charge in [0.25, 0.3) is 9.05 Å². The van der Waals surface area contributed by atoms with Gasteiger partial charge in [-0.2, -0.15) is 0 Å². The minimum Gasteiger partial charge on any atom is -0.360 e. The topological polar surface area (TPSA) is 160 Å². The number of aromatic amines is 2. The number of H-pyrrole nitrogens is 2. The number of pyridine rings is 2. The van der Waals surface area contributed by atoms with Crippen molar-refractivity contribution in [2.45, 2.75) is 17.2 Å². The largest absolute Gasteiger partial charge is 0.360 e. The molecule has 4 aromatic rings. The number of rotatable bonds is 2. The van der Waals surface area contributed by atoms with Gasteiger partial charge in [-0.05, 0) is 36.4 Å². The molecular weight excluding hydrogens is 537 g/mol. The Bertz CT molecular complexity index is 1570. The molecule has 33 heavy (non-hydrogen) atoms. The van der Waals surface area contributed by atoms with Gasteiger partial charge in [0, 0.05) is 54.9 Å². The molecule has 2 heterocycles. The van der Waals surface area contributed by atoms with Crippen LogP contribution in [0.15, 0.2) is 68.2 Å². The quantitative estimate of drug-likeness (QED) is 0.322. The molecule has 4 rings (SSSR count). The first kappa shape index (κ1) is 26.8. The van der Waals surface area contributed by atoms with Crippen LogP contribution in [0.25, 0.3) is 21.8 Å². The summed E-state index contributed by atoms with van der Waals surface area (Å²) in [6.07, 6.45) is 2.15. The van der Waals surface area contributed by atoms with E-state index in [1.807, 2.05) is 0 Å². The summed E-state index contributed by atoms with van der Waals surface area (Å²) in [6.45, 7) is 0. The van der Waals surface area contributed by atoms with Gasteiger partial charge in [0.05, 0.1) is 0 Å². The summed E-state index contributed by atoms with van der Waals surface area (Å²) in [5.41, 5.74) is -0.315. The van der Waals surface area contributed by atoms with Crippen molar-refractivity contribution in [3.63, 3.8) is 0 Å². The maximum Gasteiger partial charge on any atom is 0.266 e. The van der Waals surface area contributed by atoms with E-state index >= 15 is 0 Å². The van der Waals surface area contributed by atoms with Crippen LogP contribution < -0.4 is 16.0 Å². The SMILES string of the molecule is C.NS(=O)(=O)c1c[nH]c2ccc(Cl)cc2c1=O.O=c1c(S(=O)(=O)Cl)c[nH]c2ccc(Cl)cc12. The van der Waals surface area contributed by atoms with Crippen LogP contribution in [0, 0.1) is 0 Å². The lowest BCUT2D eigenvalue weighted by atomic mass is 10.2. The third-order valence-corrected chi connectivity index (χ3v) is 6.90. The van der Waals surface area contributed by atoms with Gasteiger partial charge in [-0.1, -0.05) is 30.6 Å². The maximum absolute atomic E-state index is 11.8. The first-order valence-electron chi connectivity index (χ1n) is 8.38. The highest BCUT2D eigenvalue weighted by Crippen LogP contribution is 2.18. The van der Waals surface area contributed by atoms with Crippen LogP contribution in [-0.2, 0) is 19.1 Å². The molecule has 0 unspecified atom stereocenters. The van der Waals surface area contributed by atoms with E-state index in [1.54, 1.807) is 24.3 Å². The van der Waals surface area contributed by atoms with Crippen LogP contribution in [0.4, 0.5) is 0 Å². The number of nitrogens with one attached hydrogen (secondary N) is 2. The van der Waals surface area contributed by atoms with Gasteiger partial charge in [0.1, 0.15) is 9.79 Å². The Kier molecular flexibility index (Phi) is 8.00. The van der Waals surface area contributed by atoms with Crippen molar-refractivity contribution in [1.29, 1.82) is 0 Å². The molecule has 0 amide bonds. The predicted molar refractivity (Wildman–Crippen MR) is 130 cm³/mol. The summed E-state index contributed by atoms with van der Waals surface area (Å²) in [5, 5.41) is 5.99. The number of hydrogen-bond acceptors (Lipinski definition) is 6. The number of halogens is 3. The van der Waals surface area contributed by atoms with Gasteiger partial charge < -0.3 is 9.97 Å². The van der Waals surface area contributed by atoms with Gasteiger partial charge in [-0.3, -0.25) is 9.59 Å². The van der Waals surface area contributed by atoms with Crippen LogP contribution in [0.5, 0.6) is 0 Å². The summed E-state index contributed by atoms with van der Waals surface area (Å²) in [6, 6.07) is 9.15. The zero-order valence-electron chi connectivity index (χ0n) is 15.6. The predicted octanol–water partition coefficient (Wildman–Crippen LogP) is 3.57. The number of hydrogen-bond donors (Lipinski definition) is 3. The molecule has 0 aliphatic carbocycles. The molecule has 2 aromatic heterocycles. The number of sulfonamides is 1. The van der Waals surface area contributed by atoms with Crippen LogP contribution in [0.1, 0.15) is 7.43 Å². The molecule has 0 fully saturated rings. The van der Waals surface area contributed by atoms with Crippen molar-refractivity contribution in [3.8, 4) is 0 Å². The Labute approximate surface area is 202 Å². The van der Waals surface area contributed by atoms with Gasteiger partial charge >= 0.3 is 0 Å². The Morgan fingerprint density at radius 2 is 1.12 bits per heavy atom. The second-order valence-corrected chi connectivity index (χ2v) is 11.3. The fourth-order valence-corrected chi connectivity index (χ4v) is 4.55. The Balaban J connectivity index is 0.000000227. The molecule has 0 bridgehead atoms. The van der Waals surface area contributed by atoms with Crippen LogP contribution in [-0.4, -0.2) is 26.8 Å². The third kappa shape index (κ3) is 5.94. The summed E-state index contributed by atoms with van der Waals surface area (Å²) >= 11 is 11.4. The van der Waals surface area contributed by atoms with Gasteiger partial charge in [0.15, 0.2) is 0 Å². The van der Waals surface area contributed by atoms with E-state index in [-0.39, 0.29) is 18.2 Å². The molecule has 2 aromatic carbocycles. The van der Waals surface area contributed by atoms with Crippen molar-refractivity contribution in [1.82, 2.24) is 9.97 Å². The van der Waals surface area contributed by atoms with Crippen molar-refractivity contribution >= 4 is 74.8 Å². The zero-order valence-corrected chi connectivity index (χ0v) is 19.5. The Hall–Kier alpha value is -2.41. The number of fused-ring (bicyclic) bond motifs is 2.